The Morgan fingerprint density at radius 3 is 2.59 bits per heavy atom. The molecule has 39 heavy (non-hydrogen) atoms. The molecule has 1 amide bonds. The van der Waals surface area contributed by atoms with Gasteiger partial charge in [-0.2, -0.15) is 0 Å². The number of benzene rings is 3. The van der Waals surface area contributed by atoms with Crippen molar-refractivity contribution < 1.29 is 17.6 Å². The number of sulfonamides is 1. The lowest BCUT2D eigenvalue weighted by molar-refractivity contribution is 0.0475. The number of nitrogens with zero attached hydrogens (tertiary/aromatic N) is 3. The van der Waals surface area contributed by atoms with E-state index in [2.05, 4.69) is 14.6 Å². The fourth-order valence-electron chi connectivity index (χ4n) is 4.78. The molecular formula is C28H25Cl2FN4O3S. The molecule has 0 spiro atoms. The van der Waals surface area contributed by atoms with Crippen LogP contribution in [0.3, 0.4) is 0 Å². The summed E-state index contributed by atoms with van der Waals surface area (Å²) in [6.45, 7) is 4.16. The van der Waals surface area contributed by atoms with E-state index in [1.165, 1.54) is 36.5 Å². The van der Waals surface area contributed by atoms with Crippen molar-refractivity contribution in [3.8, 4) is 0 Å². The maximum Gasteiger partial charge on any atom is 0.264 e. The van der Waals surface area contributed by atoms with Gasteiger partial charge < -0.3 is 4.90 Å². The quantitative estimate of drug-likeness (QED) is 0.307. The van der Waals surface area contributed by atoms with Crippen molar-refractivity contribution in [2.24, 2.45) is 0 Å². The van der Waals surface area contributed by atoms with E-state index in [-0.39, 0.29) is 38.1 Å². The zero-order chi connectivity index (χ0) is 27.7. The van der Waals surface area contributed by atoms with Crippen LogP contribution in [0.5, 0.6) is 0 Å². The monoisotopic (exact) mass is 586 g/mol. The molecule has 0 radical (unpaired) electrons. The molecule has 1 atom stereocenters. The van der Waals surface area contributed by atoms with Crippen molar-refractivity contribution >= 4 is 55.7 Å². The molecule has 0 aliphatic carbocycles. The van der Waals surface area contributed by atoms with Gasteiger partial charge in [-0.25, -0.2) is 12.8 Å². The molecule has 1 fully saturated rings. The van der Waals surface area contributed by atoms with Crippen LogP contribution in [0.4, 0.5) is 10.1 Å². The number of carbonyl (C=O) groups is 1. The van der Waals surface area contributed by atoms with Crippen molar-refractivity contribution in [1.29, 1.82) is 0 Å². The SMILES string of the molecule is CC1CN(Cc2ccc(Cl)c(F)c2)CCN1C(=O)c1ccc(NS(=O)(=O)c2cccc3cccnc23)cc1Cl. The first-order valence-corrected chi connectivity index (χ1v) is 14.5. The molecule has 2 heterocycles. The molecule has 5 rings (SSSR count). The van der Waals surface area contributed by atoms with Crippen molar-refractivity contribution in [3.63, 3.8) is 0 Å². The first-order valence-electron chi connectivity index (χ1n) is 12.3. The summed E-state index contributed by atoms with van der Waals surface area (Å²) in [6.07, 6.45) is 1.54. The summed E-state index contributed by atoms with van der Waals surface area (Å²) < 4.78 is 42.6. The Balaban J connectivity index is 1.27. The third-order valence-electron chi connectivity index (χ3n) is 6.70. The largest absolute Gasteiger partial charge is 0.333 e. The fourth-order valence-corrected chi connectivity index (χ4v) is 6.39. The van der Waals surface area contributed by atoms with Crippen LogP contribution in [0, 0.1) is 5.82 Å². The molecular weight excluding hydrogens is 562 g/mol. The highest BCUT2D eigenvalue weighted by Crippen LogP contribution is 2.28. The number of anilines is 1. The van der Waals surface area contributed by atoms with Crippen molar-refractivity contribution in [2.45, 2.75) is 24.4 Å². The number of piperazine rings is 1. The second-order valence-electron chi connectivity index (χ2n) is 9.46. The van der Waals surface area contributed by atoms with Crippen LogP contribution < -0.4 is 4.72 Å². The lowest BCUT2D eigenvalue weighted by Gasteiger charge is -2.40. The topological polar surface area (TPSA) is 82.6 Å². The van der Waals surface area contributed by atoms with Crippen LogP contribution >= 0.6 is 23.2 Å². The number of nitrogens with one attached hydrogen (secondary N) is 1. The molecule has 7 nitrogen and oxygen atoms in total. The predicted molar refractivity (Wildman–Crippen MR) is 151 cm³/mol. The molecule has 11 heteroatoms. The van der Waals surface area contributed by atoms with Gasteiger partial charge >= 0.3 is 0 Å². The summed E-state index contributed by atoms with van der Waals surface area (Å²) in [5.74, 6) is -0.692. The third kappa shape index (κ3) is 5.86. The van der Waals surface area contributed by atoms with E-state index < -0.39 is 15.8 Å². The second kappa shape index (κ2) is 11.1. The Hall–Kier alpha value is -3.24. The van der Waals surface area contributed by atoms with E-state index in [1.54, 1.807) is 41.3 Å². The van der Waals surface area contributed by atoms with Crippen molar-refractivity contribution in [1.82, 2.24) is 14.8 Å². The highest BCUT2D eigenvalue weighted by atomic mass is 35.5. The molecule has 0 bridgehead atoms. The number of aromatic nitrogens is 1. The van der Waals surface area contributed by atoms with Gasteiger partial charge in [0.15, 0.2) is 0 Å². The summed E-state index contributed by atoms with van der Waals surface area (Å²) in [5, 5.41) is 0.931. The second-order valence-corrected chi connectivity index (χ2v) is 11.9. The molecule has 1 unspecified atom stereocenters. The Bertz CT molecular complexity index is 1660. The molecule has 4 aromatic rings. The molecule has 1 aliphatic heterocycles. The molecule has 3 aromatic carbocycles. The summed E-state index contributed by atoms with van der Waals surface area (Å²) in [6, 6.07) is 17.6. The molecule has 1 N–H and O–H groups in total. The van der Waals surface area contributed by atoms with E-state index >= 15 is 0 Å². The van der Waals surface area contributed by atoms with Crippen LogP contribution in [-0.4, -0.2) is 54.8 Å². The lowest BCUT2D eigenvalue weighted by atomic mass is 10.1. The molecule has 202 valence electrons. The average molecular weight is 588 g/mol. The first-order chi connectivity index (χ1) is 18.6. The molecule has 1 aromatic heterocycles. The highest BCUT2D eigenvalue weighted by Gasteiger charge is 2.29. The number of rotatable bonds is 6. The summed E-state index contributed by atoms with van der Waals surface area (Å²) in [4.78, 5) is 21.5. The molecule has 1 aliphatic rings. The van der Waals surface area contributed by atoms with Crippen LogP contribution in [0.25, 0.3) is 10.9 Å². The number of pyridine rings is 1. The van der Waals surface area contributed by atoms with Gasteiger partial charge in [-0.1, -0.05) is 47.5 Å². The van der Waals surface area contributed by atoms with Crippen LogP contribution in [-0.2, 0) is 16.6 Å². The summed E-state index contributed by atoms with van der Waals surface area (Å²) in [7, 11) is -3.96. The highest BCUT2D eigenvalue weighted by molar-refractivity contribution is 7.93. The van der Waals surface area contributed by atoms with Crippen molar-refractivity contribution in [2.75, 3.05) is 24.4 Å². The first kappa shape index (κ1) is 27.3. The molecule has 1 saturated heterocycles. The number of hydrogen-bond acceptors (Lipinski definition) is 5. The number of amides is 1. The number of halogens is 3. The number of carbonyl (C=O) groups excluding carboxylic acids is 1. The Kier molecular flexibility index (Phi) is 7.77. The Morgan fingerprint density at radius 1 is 1.05 bits per heavy atom. The Morgan fingerprint density at radius 2 is 1.85 bits per heavy atom. The molecule has 0 saturated carbocycles. The van der Waals surface area contributed by atoms with E-state index in [0.717, 1.165) is 5.56 Å². The minimum Gasteiger partial charge on any atom is -0.333 e. The van der Waals surface area contributed by atoms with E-state index in [0.29, 0.717) is 37.1 Å². The van der Waals surface area contributed by atoms with Crippen molar-refractivity contribution in [3.05, 3.63) is 99.9 Å². The van der Waals surface area contributed by atoms with Gasteiger partial charge in [0.2, 0.25) is 0 Å². The smallest absolute Gasteiger partial charge is 0.264 e. The van der Waals surface area contributed by atoms with Gasteiger partial charge in [-0.15, -0.1) is 0 Å². The van der Waals surface area contributed by atoms with E-state index in [1.807, 2.05) is 6.92 Å². The number of hydrogen-bond donors (Lipinski definition) is 1. The maximum atomic E-state index is 13.8. The van der Waals surface area contributed by atoms with Gasteiger partial charge in [0, 0.05) is 43.8 Å². The van der Waals surface area contributed by atoms with Crippen LogP contribution in [0.1, 0.15) is 22.8 Å². The zero-order valence-corrected chi connectivity index (χ0v) is 23.3. The van der Waals surface area contributed by atoms with Gasteiger partial charge in [0.25, 0.3) is 15.9 Å². The van der Waals surface area contributed by atoms with Gasteiger partial charge in [0.1, 0.15) is 10.7 Å². The maximum absolute atomic E-state index is 13.8. The third-order valence-corrected chi connectivity index (χ3v) is 8.73. The normalized spacial score (nSPS) is 16.4. The lowest BCUT2D eigenvalue weighted by Crippen LogP contribution is -2.53. The van der Waals surface area contributed by atoms with Gasteiger partial charge in [-0.05, 0) is 55.0 Å². The fraction of sp³-hybridized carbons (Fsp3) is 0.214. The summed E-state index contributed by atoms with van der Waals surface area (Å²) >= 11 is 12.3. The van der Waals surface area contributed by atoms with Gasteiger partial charge in [0.05, 0.1) is 26.8 Å². The van der Waals surface area contributed by atoms with Crippen LogP contribution in [0.15, 0.2) is 77.8 Å². The van der Waals surface area contributed by atoms with Gasteiger partial charge in [-0.3, -0.25) is 19.4 Å². The van der Waals surface area contributed by atoms with Crippen LogP contribution in [0.2, 0.25) is 10.0 Å². The van der Waals surface area contributed by atoms with E-state index in [4.69, 9.17) is 23.2 Å². The number of para-hydroxylation sites is 1. The standard InChI is InChI=1S/C28H25Cl2FN4O3S/c1-18-16-34(17-19-7-10-23(29)25(31)14-19)12-13-35(18)28(36)22-9-8-21(15-24(22)30)33-39(37,38)26-6-2-4-20-5-3-11-32-27(20)26/h2-11,14-15,18,33H,12-13,16-17H2,1H3. The average Bonchev–Trinajstić information content (AvgIpc) is 2.90. The van der Waals surface area contributed by atoms with E-state index in [9.17, 15) is 17.6 Å². The Labute approximate surface area is 236 Å². The zero-order valence-electron chi connectivity index (χ0n) is 20.9. The minimum absolute atomic E-state index is 0.0462. The minimum atomic E-state index is -3.96. The predicted octanol–water partition coefficient (Wildman–Crippen LogP) is 5.83. The number of fused-ring (bicyclic) bond motifs is 1. The summed E-state index contributed by atoms with van der Waals surface area (Å²) in [5.41, 5.74) is 1.69.